The van der Waals surface area contributed by atoms with E-state index < -0.39 is 12.1 Å². The lowest BCUT2D eigenvalue weighted by Crippen LogP contribution is -2.41. The highest BCUT2D eigenvalue weighted by Crippen LogP contribution is 2.18. The average molecular weight is 357 g/mol. The number of carboxylic acids is 1. The van der Waals surface area contributed by atoms with E-state index in [1.165, 1.54) is 18.4 Å². The summed E-state index contributed by atoms with van der Waals surface area (Å²) in [5.41, 5.74) is 1.69. The summed E-state index contributed by atoms with van der Waals surface area (Å²) < 4.78 is 0. The third-order valence-electron chi connectivity index (χ3n) is 4.49. The van der Waals surface area contributed by atoms with Crippen LogP contribution in [-0.4, -0.2) is 33.4 Å². The Morgan fingerprint density at radius 1 is 1.00 bits per heavy atom. The monoisotopic (exact) mass is 357 g/mol. The number of aliphatic hydroxyl groups excluding tert-OH is 2. The number of aliphatic hydroxyl groups is 2. The Morgan fingerprint density at radius 3 is 2.15 bits per heavy atom. The number of nitrogens with one attached hydrogen (secondary N) is 1. The van der Waals surface area contributed by atoms with Gasteiger partial charge in [0.15, 0.2) is 6.10 Å². The van der Waals surface area contributed by atoms with Gasteiger partial charge in [0.1, 0.15) is 0 Å². The quantitative estimate of drug-likeness (QED) is 0.661. The van der Waals surface area contributed by atoms with E-state index in [1.54, 1.807) is 30.3 Å². The zero-order valence-corrected chi connectivity index (χ0v) is 14.8. The Kier molecular flexibility index (Phi) is 8.28. The zero-order chi connectivity index (χ0) is 18.8. The van der Waals surface area contributed by atoms with E-state index in [4.69, 9.17) is 10.2 Å². The van der Waals surface area contributed by atoms with Crippen molar-refractivity contribution in [2.24, 2.45) is 0 Å². The number of hydrogen-bond donors (Lipinski definition) is 4. The van der Waals surface area contributed by atoms with Gasteiger partial charge in [-0.1, -0.05) is 73.5 Å². The maximum absolute atomic E-state index is 10.2. The van der Waals surface area contributed by atoms with Crippen LogP contribution in [0, 0.1) is 0 Å². The Hall–Kier alpha value is -2.21. The SMILES string of the molecule is O=C(O)[C@@H](O)c1ccccc1.O[C@@H]1CCCC[C@H]1NCc1ccccc1. The van der Waals surface area contributed by atoms with E-state index in [2.05, 4.69) is 17.4 Å². The summed E-state index contributed by atoms with van der Waals surface area (Å²) in [7, 11) is 0. The van der Waals surface area contributed by atoms with E-state index in [1.807, 2.05) is 18.2 Å². The van der Waals surface area contributed by atoms with Crippen LogP contribution in [0.2, 0.25) is 0 Å². The lowest BCUT2D eigenvalue weighted by molar-refractivity contribution is -0.146. The number of hydrogen-bond acceptors (Lipinski definition) is 4. The van der Waals surface area contributed by atoms with Crippen molar-refractivity contribution in [1.82, 2.24) is 5.32 Å². The molecule has 0 radical (unpaired) electrons. The highest BCUT2D eigenvalue weighted by atomic mass is 16.4. The molecule has 1 aliphatic rings. The Bertz CT molecular complexity index is 648. The molecule has 140 valence electrons. The minimum absolute atomic E-state index is 0.150. The van der Waals surface area contributed by atoms with Gasteiger partial charge in [0.25, 0.3) is 0 Å². The highest BCUT2D eigenvalue weighted by molar-refractivity contribution is 5.73. The number of rotatable bonds is 5. The van der Waals surface area contributed by atoms with E-state index in [0.717, 1.165) is 19.4 Å². The van der Waals surface area contributed by atoms with Crippen molar-refractivity contribution < 1.29 is 20.1 Å². The van der Waals surface area contributed by atoms with Gasteiger partial charge in [-0.3, -0.25) is 0 Å². The van der Waals surface area contributed by atoms with Crippen molar-refractivity contribution in [3.63, 3.8) is 0 Å². The predicted molar refractivity (Wildman–Crippen MR) is 101 cm³/mol. The van der Waals surface area contributed by atoms with Crippen molar-refractivity contribution in [3.8, 4) is 0 Å². The molecule has 3 rings (SSSR count). The highest BCUT2D eigenvalue weighted by Gasteiger charge is 2.21. The molecular formula is C21H27NO4. The summed E-state index contributed by atoms with van der Waals surface area (Å²) >= 11 is 0. The maximum Gasteiger partial charge on any atom is 0.337 e. The van der Waals surface area contributed by atoms with Gasteiger partial charge in [-0.15, -0.1) is 0 Å². The fraction of sp³-hybridized carbons (Fsp3) is 0.381. The van der Waals surface area contributed by atoms with E-state index in [0.29, 0.717) is 11.6 Å². The molecule has 0 aromatic heterocycles. The second-order valence-corrected chi connectivity index (χ2v) is 6.48. The van der Waals surface area contributed by atoms with Gasteiger partial charge in [-0.05, 0) is 24.0 Å². The summed E-state index contributed by atoms with van der Waals surface area (Å²) in [6.07, 6.45) is 2.91. The van der Waals surface area contributed by atoms with Crippen molar-refractivity contribution in [3.05, 3.63) is 71.8 Å². The first-order valence-corrected chi connectivity index (χ1v) is 8.99. The largest absolute Gasteiger partial charge is 0.479 e. The molecule has 0 amide bonds. The zero-order valence-electron chi connectivity index (χ0n) is 14.8. The topological polar surface area (TPSA) is 89.8 Å². The summed E-state index contributed by atoms with van der Waals surface area (Å²) in [5.74, 6) is -1.23. The first-order chi connectivity index (χ1) is 12.6. The molecule has 0 heterocycles. The normalized spacial score (nSPS) is 20.5. The molecule has 3 atom stereocenters. The van der Waals surface area contributed by atoms with Gasteiger partial charge in [0, 0.05) is 12.6 Å². The Balaban J connectivity index is 0.000000197. The Labute approximate surface area is 154 Å². The first kappa shape index (κ1) is 20.1. The molecule has 0 aliphatic heterocycles. The van der Waals surface area contributed by atoms with Gasteiger partial charge >= 0.3 is 5.97 Å². The molecule has 1 saturated carbocycles. The molecule has 4 N–H and O–H groups in total. The van der Waals surface area contributed by atoms with Crippen molar-refractivity contribution >= 4 is 5.97 Å². The van der Waals surface area contributed by atoms with Gasteiger partial charge in [0.2, 0.25) is 0 Å². The summed E-state index contributed by atoms with van der Waals surface area (Å²) in [5, 5.41) is 30.6. The van der Waals surface area contributed by atoms with Crippen molar-refractivity contribution in [2.75, 3.05) is 0 Å². The van der Waals surface area contributed by atoms with Gasteiger partial charge < -0.3 is 20.6 Å². The average Bonchev–Trinajstić information content (AvgIpc) is 2.69. The van der Waals surface area contributed by atoms with E-state index >= 15 is 0 Å². The van der Waals surface area contributed by atoms with E-state index in [-0.39, 0.29) is 6.10 Å². The molecule has 2 aromatic rings. The van der Waals surface area contributed by atoms with Crippen LogP contribution in [0.5, 0.6) is 0 Å². The summed E-state index contributed by atoms with van der Waals surface area (Å²) in [6, 6.07) is 18.9. The second kappa shape index (κ2) is 10.7. The van der Waals surface area contributed by atoms with Gasteiger partial charge in [0.05, 0.1) is 6.10 Å². The van der Waals surface area contributed by atoms with Crippen molar-refractivity contribution in [1.29, 1.82) is 0 Å². The fourth-order valence-corrected chi connectivity index (χ4v) is 2.97. The minimum atomic E-state index is -1.41. The third-order valence-corrected chi connectivity index (χ3v) is 4.49. The van der Waals surface area contributed by atoms with Gasteiger partial charge in [-0.25, -0.2) is 4.79 Å². The Morgan fingerprint density at radius 2 is 1.58 bits per heavy atom. The predicted octanol–water partition coefficient (Wildman–Crippen LogP) is 2.88. The van der Waals surface area contributed by atoms with Crippen LogP contribution in [-0.2, 0) is 11.3 Å². The standard InChI is InChI=1S/C13H19NO.C8H8O3/c15-13-9-5-4-8-12(13)14-10-11-6-2-1-3-7-11;9-7(8(10)11)6-4-2-1-3-5-6/h1-3,6-7,12-15H,4-5,8-10H2;1-5,7,9H,(H,10,11)/t12-,13-;7-/m10/s1. The lowest BCUT2D eigenvalue weighted by atomic mass is 9.92. The van der Waals surface area contributed by atoms with Crippen molar-refractivity contribution in [2.45, 2.75) is 50.5 Å². The lowest BCUT2D eigenvalue weighted by Gasteiger charge is -2.28. The van der Waals surface area contributed by atoms with Crippen LogP contribution >= 0.6 is 0 Å². The van der Waals surface area contributed by atoms with Crippen LogP contribution < -0.4 is 5.32 Å². The number of carboxylic acid groups (broad SMARTS) is 1. The van der Waals surface area contributed by atoms with Gasteiger partial charge in [-0.2, -0.15) is 0 Å². The third kappa shape index (κ3) is 6.59. The maximum atomic E-state index is 10.2. The molecule has 0 spiro atoms. The molecule has 1 fully saturated rings. The molecule has 0 bridgehead atoms. The number of carbonyl (C=O) groups is 1. The molecule has 0 saturated heterocycles. The molecule has 5 nitrogen and oxygen atoms in total. The van der Waals surface area contributed by atoms with Crippen LogP contribution in [0.25, 0.3) is 0 Å². The van der Waals surface area contributed by atoms with Crippen LogP contribution in [0.15, 0.2) is 60.7 Å². The number of aliphatic carboxylic acids is 1. The molecular weight excluding hydrogens is 330 g/mol. The smallest absolute Gasteiger partial charge is 0.337 e. The molecule has 5 heteroatoms. The van der Waals surface area contributed by atoms with Crippen LogP contribution in [0.4, 0.5) is 0 Å². The summed E-state index contributed by atoms with van der Waals surface area (Å²) in [4.78, 5) is 10.2. The molecule has 0 unspecified atom stereocenters. The molecule has 1 aliphatic carbocycles. The first-order valence-electron chi connectivity index (χ1n) is 8.99. The molecule has 26 heavy (non-hydrogen) atoms. The fourth-order valence-electron chi connectivity index (χ4n) is 2.97. The molecule has 2 aromatic carbocycles. The van der Waals surface area contributed by atoms with Crippen LogP contribution in [0.3, 0.4) is 0 Å². The second-order valence-electron chi connectivity index (χ2n) is 6.48. The minimum Gasteiger partial charge on any atom is -0.479 e. The number of benzene rings is 2. The van der Waals surface area contributed by atoms with E-state index in [9.17, 15) is 9.90 Å². The summed E-state index contributed by atoms with van der Waals surface area (Å²) in [6.45, 7) is 0.864. The van der Waals surface area contributed by atoms with Crippen LogP contribution in [0.1, 0.15) is 42.9 Å².